The first-order chi connectivity index (χ1) is 9.19. The zero-order valence-corrected chi connectivity index (χ0v) is 12.8. The van der Waals surface area contributed by atoms with E-state index in [1.807, 2.05) is 12.1 Å². The van der Waals surface area contributed by atoms with E-state index in [1.54, 1.807) is 7.11 Å². The van der Waals surface area contributed by atoms with Crippen molar-refractivity contribution < 1.29 is 4.74 Å². The number of hydrogen-bond acceptors (Lipinski definition) is 2. The molecular formula is C16H18BrNO. The Morgan fingerprint density at radius 1 is 1.11 bits per heavy atom. The lowest BCUT2D eigenvalue weighted by Gasteiger charge is -2.09. The van der Waals surface area contributed by atoms with Crippen LogP contribution in [0.3, 0.4) is 0 Å². The minimum atomic E-state index is 0.831. The second-order valence-electron chi connectivity index (χ2n) is 4.55. The van der Waals surface area contributed by atoms with Crippen LogP contribution in [-0.4, -0.2) is 7.11 Å². The highest BCUT2D eigenvalue weighted by atomic mass is 79.9. The van der Waals surface area contributed by atoms with Gasteiger partial charge >= 0.3 is 0 Å². The first kappa shape index (κ1) is 14.1. The van der Waals surface area contributed by atoms with Crippen molar-refractivity contribution in [1.29, 1.82) is 0 Å². The van der Waals surface area contributed by atoms with Crippen LogP contribution >= 0.6 is 15.9 Å². The van der Waals surface area contributed by atoms with Crippen LogP contribution < -0.4 is 10.1 Å². The van der Waals surface area contributed by atoms with Crippen LogP contribution in [0.4, 0.5) is 0 Å². The van der Waals surface area contributed by atoms with Crippen LogP contribution in [0.2, 0.25) is 0 Å². The fraction of sp³-hybridized carbons (Fsp3) is 0.250. The summed E-state index contributed by atoms with van der Waals surface area (Å²) in [6, 6.07) is 14.5. The van der Waals surface area contributed by atoms with Crippen molar-refractivity contribution >= 4 is 15.9 Å². The van der Waals surface area contributed by atoms with E-state index in [2.05, 4.69) is 58.5 Å². The van der Waals surface area contributed by atoms with Gasteiger partial charge in [-0.25, -0.2) is 0 Å². The average Bonchev–Trinajstić information content (AvgIpc) is 2.41. The van der Waals surface area contributed by atoms with Crippen LogP contribution in [-0.2, 0) is 13.1 Å². The number of aryl methyl sites for hydroxylation is 1. The van der Waals surface area contributed by atoms with Crippen LogP contribution in [0.1, 0.15) is 16.7 Å². The molecule has 19 heavy (non-hydrogen) atoms. The number of ether oxygens (including phenoxy) is 1. The van der Waals surface area contributed by atoms with Crippen LogP contribution in [0.15, 0.2) is 46.9 Å². The third kappa shape index (κ3) is 4.08. The van der Waals surface area contributed by atoms with Gasteiger partial charge in [-0.15, -0.1) is 0 Å². The van der Waals surface area contributed by atoms with Gasteiger partial charge in [-0.3, -0.25) is 0 Å². The Balaban J connectivity index is 1.92. The van der Waals surface area contributed by atoms with Crippen molar-refractivity contribution in [2.75, 3.05) is 7.11 Å². The fourth-order valence-corrected chi connectivity index (χ4v) is 2.55. The van der Waals surface area contributed by atoms with Crippen molar-refractivity contribution in [3.8, 4) is 5.75 Å². The summed E-state index contributed by atoms with van der Waals surface area (Å²) in [5.41, 5.74) is 3.76. The highest BCUT2D eigenvalue weighted by molar-refractivity contribution is 9.10. The third-order valence-corrected chi connectivity index (χ3v) is 3.73. The molecule has 0 bridgehead atoms. The molecule has 0 atom stereocenters. The van der Waals surface area contributed by atoms with E-state index < -0.39 is 0 Å². The molecule has 0 aliphatic carbocycles. The highest BCUT2D eigenvalue weighted by Gasteiger charge is 2.00. The van der Waals surface area contributed by atoms with E-state index >= 15 is 0 Å². The molecule has 0 saturated heterocycles. The summed E-state index contributed by atoms with van der Waals surface area (Å²) < 4.78 is 6.37. The molecule has 0 aromatic heterocycles. The highest BCUT2D eigenvalue weighted by Crippen LogP contribution is 2.18. The Labute approximate surface area is 122 Å². The summed E-state index contributed by atoms with van der Waals surface area (Å²) in [5.74, 6) is 0.899. The molecule has 3 heteroatoms. The van der Waals surface area contributed by atoms with Crippen LogP contribution in [0, 0.1) is 6.92 Å². The first-order valence-electron chi connectivity index (χ1n) is 6.27. The van der Waals surface area contributed by atoms with E-state index in [9.17, 15) is 0 Å². The van der Waals surface area contributed by atoms with E-state index in [4.69, 9.17) is 4.74 Å². The summed E-state index contributed by atoms with van der Waals surface area (Å²) >= 11 is 3.60. The van der Waals surface area contributed by atoms with Crippen molar-refractivity contribution in [2.24, 2.45) is 0 Å². The normalized spacial score (nSPS) is 10.5. The fourth-order valence-electron chi connectivity index (χ4n) is 1.92. The first-order valence-corrected chi connectivity index (χ1v) is 7.07. The molecule has 0 fully saturated rings. The molecule has 0 aliphatic rings. The van der Waals surface area contributed by atoms with Crippen molar-refractivity contribution in [1.82, 2.24) is 5.32 Å². The zero-order valence-electron chi connectivity index (χ0n) is 11.2. The van der Waals surface area contributed by atoms with Gasteiger partial charge in [-0.1, -0.05) is 40.2 Å². The topological polar surface area (TPSA) is 21.3 Å². The molecule has 0 saturated carbocycles. The lowest BCUT2D eigenvalue weighted by atomic mass is 10.1. The number of benzene rings is 2. The van der Waals surface area contributed by atoms with Gasteiger partial charge in [-0.2, -0.15) is 0 Å². The summed E-state index contributed by atoms with van der Waals surface area (Å²) in [4.78, 5) is 0. The van der Waals surface area contributed by atoms with Crippen molar-refractivity contribution in [3.05, 3.63) is 63.6 Å². The molecule has 0 aliphatic heterocycles. The molecule has 2 aromatic rings. The zero-order chi connectivity index (χ0) is 13.7. The number of nitrogens with one attached hydrogen (secondary N) is 1. The lowest BCUT2D eigenvalue weighted by molar-refractivity contribution is 0.414. The summed E-state index contributed by atoms with van der Waals surface area (Å²) in [6.45, 7) is 3.77. The Bertz CT molecular complexity index is 554. The standard InChI is InChI=1S/C16H18BrNO/c1-12-6-7-14(16(17)8-12)11-18-10-13-4-3-5-15(9-13)19-2/h3-9,18H,10-11H2,1-2H3. The minimum absolute atomic E-state index is 0.831. The van der Waals surface area contributed by atoms with Gasteiger partial charge in [0.05, 0.1) is 7.11 Å². The molecular weight excluding hydrogens is 302 g/mol. The van der Waals surface area contributed by atoms with Crippen LogP contribution in [0.5, 0.6) is 5.75 Å². The quantitative estimate of drug-likeness (QED) is 0.897. The van der Waals surface area contributed by atoms with E-state index in [0.29, 0.717) is 0 Å². The second kappa shape index (κ2) is 6.73. The van der Waals surface area contributed by atoms with E-state index in [1.165, 1.54) is 16.7 Å². The Hall–Kier alpha value is -1.32. The van der Waals surface area contributed by atoms with Gasteiger partial charge in [0.2, 0.25) is 0 Å². The van der Waals surface area contributed by atoms with Crippen molar-refractivity contribution in [3.63, 3.8) is 0 Å². The van der Waals surface area contributed by atoms with Gasteiger partial charge in [0.15, 0.2) is 0 Å². The number of halogens is 1. The smallest absolute Gasteiger partial charge is 0.119 e. The Morgan fingerprint density at radius 3 is 2.68 bits per heavy atom. The summed E-state index contributed by atoms with van der Waals surface area (Å²) in [5, 5.41) is 3.44. The molecule has 0 heterocycles. The van der Waals surface area contributed by atoms with E-state index in [-0.39, 0.29) is 0 Å². The predicted molar refractivity (Wildman–Crippen MR) is 82.4 cm³/mol. The molecule has 2 aromatic carbocycles. The minimum Gasteiger partial charge on any atom is -0.497 e. The van der Waals surface area contributed by atoms with Gasteiger partial charge in [0.1, 0.15) is 5.75 Å². The number of hydrogen-bond donors (Lipinski definition) is 1. The molecule has 0 radical (unpaired) electrons. The predicted octanol–water partition coefficient (Wildman–Crippen LogP) is 4.06. The number of methoxy groups -OCH3 is 1. The molecule has 2 nitrogen and oxygen atoms in total. The molecule has 0 spiro atoms. The average molecular weight is 320 g/mol. The summed E-state index contributed by atoms with van der Waals surface area (Å²) in [6.07, 6.45) is 0. The maximum atomic E-state index is 5.22. The molecule has 2 rings (SSSR count). The third-order valence-electron chi connectivity index (χ3n) is 2.99. The molecule has 1 N–H and O–H groups in total. The maximum Gasteiger partial charge on any atom is 0.119 e. The van der Waals surface area contributed by atoms with Gasteiger partial charge in [0, 0.05) is 17.6 Å². The lowest BCUT2D eigenvalue weighted by Crippen LogP contribution is -2.13. The monoisotopic (exact) mass is 319 g/mol. The van der Waals surface area contributed by atoms with Crippen LogP contribution in [0.25, 0.3) is 0 Å². The Morgan fingerprint density at radius 2 is 1.95 bits per heavy atom. The second-order valence-corrected chi connectivity index (χ2v) is 5.40. The SMILES string of the molecule is COc1cccc(CNCc2ccc(C)cc2Br)c1. The van der Waals surface area contributed by atoms with Crippen molar-refractivity contribution in [2.45, 2.75) is 20.0 Å². The maximum absolute atomic E-state index is 5.22. The van der Waals surface area contributed by atoms with Gasteiger partial charge in [-0.05, 0) is 41.8 Å². The molecule has 100 valence electrons. The molecule has 0 amide bonds. The Kier molecular flexibility index (Phi) is 5.00. The number of rotatable bonds is 5. The van der Waals surface area contributed by atoms with E-state index in [0.717, 1.165) is 23.3 Å². The summed E-state index contributed by atoms with van der Waals surface area (Å²) in [7, 11) is 1.69. The molecule has 0 unspecified atom stereocenters. The van der Waals surface area contributed by atoms with Gasteiger partial charge < -0.3 is 10.1 Å². The largest absolute Gasteiger partial charge is 0.497 e. The van der Waals surface area contributed by atoms with Gasteiger partial charge in [0.25, 0.3) is 0 Å².